The third kappa shape index (κ3) is 3.17. The fourth-order valence-electron chi connectivity index (χ4n) is 2.09. The van der Waals surface area contributed by atoms with Gasteiger partial charge in [-0.1, -0.05) is 0 Å². The zero-order chi connectivity index (χ0) is 12.1. The zero-order valence-corrected chi connectivity index (χ0v) is 10.6. The molecule has 1 saturated carbocycles. The van der Waals surface area contributed by atoms with Crippen molar-refractivity contribution in [2.75, 3.05) is 32.2 Å². The van der Waals surface area contributed by atoms with Crippen molar-refractivity contribution in [2.45, 2.75) is 25.4 Å². The van der Waals surface area contributed by atoms with Gasteiger partial charge in [0, 0.05) is 32.4 Å². The summed E-state index contributed by atoms with van der Waals surface area (Å²) in [7, 11) is 3.73. The van der Waals surface area contributed by atoms with Gasteiger partial charge in [-0.25, -0.2) is 0 Å². The molecule has 1 aliphatic rings. The van der Waals surface area contributed by atoms with E-state index >= 15 is 0 Å². The van der Waals surface area contributed by atoms with Crippen molar-refractivity contribution in [2.24, 2.45) is 0 Å². The highest BCUT2D eigenvalue weighted by Gasteiger charge is 2.30. The number of anilines is 1. The number of methoxy groups -OCH3 is 1. The summed E-state index contributed by atoms with van der Waals surface area (Å²) in [5, 5.41) is 3.21. The van der Waals surface area contributed by atoms with E-state index in [0.29, 0.717) is 6.04 Å². The van der Waals surface area contributed by atoms with Crippen LogP contribution in [0.5, 0.6) is 0 Å². The summed E-state index contributed by atoms with van der Waals surface area (Å²) in [5.41, 5.74) is 2.56. The van der Waals surface area contributed by atoms with E-state index in [2.05, 4.69) is 21.3 Å². The Labute approximate surface area is 103 Å². The molecular formula is C13H21N3O. The zero-order valence-electron chi connectivity index (χ0n) is 10.6. The molecule has 0 radical (unpaired) electrons. The number of nitrogens with one attached hydrogen (secondary N) is 1. The first-order valence-corrected chi connectivity index (χ1v) is 6.20. The lowest BCUT2D eigenvalue weighted by molar-refractivity contribution is 0.205. The molecule has 4 heteroatoms. The Hall–Kier alpha value is -1.13. The molecule has 0 saturated heterocycles. The Morgan fingerprint density at radius 1 is 1.53 bits per heavy atom. The molecular weight excluding hydrogens is 214 g/mol. The van der Waals surface area contributed by atoms with Crippen LogP contribution in [0.15, 0.2) is 18.5 Å². The fourth-order valence-corrected chi connectivity index (χ4v) is 2.09. The molecule has 1 heterocycles. The largest absolute Gasteiger partial charge is 0.383 e. The van der Waals surface area contributed by atoms with Crippen LogP contribution in [0.2, 0.25) is 0 Å². The molecule has 0 amide bonds. The van der Waals surface area contributed by atoms with Crippen LogP contribution in [0.4, 0.5) is 5.69 Å². The molecule has 1 aromatic heterocycles. The third-order valence-corrected chi connectivity index (χ3v) is 3.09. The van der Waals surface area contributed by atoms with Gasteiger partial charge in [-0.2, -0.15) is 0 Å². The molecule has 0 atom stereocenters. The second kappa shape index (κ2) is 5.98. The summed E-state index contributed by atoms with van der Waals surface area (Å²) in [4.78, 5) is 6.69. The van der Waals surface area contributed by atoms with E-state index in [1.165, 1.54) is 24.1 Å². The van der Waals surface area contributed by atoms with E-state index in [1.807, 2.05) is 19.4 Å². The summed E-state index contributed by atoms with van der Waals surface area (Å²) in [5.74, 6) is 0. The van der Waals surface area contributed by atoms with Crippen LogP contribution in [0.3, 0.4) is 0 Å². The van der Waals surface area contributed by atoms with Gasteiger partial charge in [-0.3, -0.25) is 4.98 Å². The van der Waals surface area contributed by atoms with E-state index in [-0.39, 0.29) is 0 Å². The molecule has 0 aromatic carbocycles. The number of nitrogens with zero attached hydrogens (tertiary/aromatic N) is 2. The Bertz CT molecular complexity index is 352. The lowest BCUT2D eigenvalue weighted by Gasteiger charge is -2.26. The van der Waals surface area contributed by atoms with Crippen molar-refractivity contribution in [3.8, 4) is 0 Å². The van der Waals surface area contributed by atoms with Crippen LogP contribution < -0.4 is 10.2 Å². The Morgan fingerprint density at radius 3 is 3.00 bits per heavy atom. The third-order valence-electron chi connectivity index (χ3n) is 3.09. The van der Waals surface area contributed by atoms with E-state index in [4.69, 9.17) is 4.74 Å². The van der Waals surface area contributed by atoms with Gasteiger partial charge in [-0.05, 0) is 31.5 Å². The molecule has 1 aromatic rings. The van der Waals surface area contributed by atoms with Crippen molar-refractivity contribution in [1.29, 1.82) is 0 Å². The van der Waals surface area contributed by atoms with Crippen LogP contribution in [-0.2, 0) is 11.3 Å². The highest BCUT2D eigenvalue weighted by atomic mass is 16.5. The average Bonchev–Trinajstić information content (AvgIpc) is 3.16. The smallest absolute Gasteiger partial charge is 0.0637 e. The summed E-state index contributed by atoms with van der Waals surface area (Å²) >= 11 is 0. The fraction of sp³-hybridized carbons (Fsp3) is 0.615. The molecule has 2 rings (SSSR count). The minimum Gasteiger partial charge on any atom is -0.383 e. The lowest BCUT2D eigenvalue weighted by Crippen LogP contribution is -2.31. The Kier molecular flexibility index (Phi) is 4.34. The van der Waals surface area contributed by atoms with Gasteiger partial charge in [0.05, 0.1) is 18.5 Å². The standard InChI is InChI=1S/C13H21N3O/c1-14-9-11-5-6-15-10-13(11)16(7-8-17-2)12-3-4-12/h5-6,10,12,14H,3-4,7-9H2,1-2H3. The van der Waals surface area contributed by atoms with Crippen molar-refractivity contribution in [3.05, 3.63) is 24.0 Å². The van der Waals surface area contributed by atoms with Gasteiger partial charge >= 0.3 is 0 Å². The van der Waals surface area contributed by atoms with Gasteiger partial charge in [0.25, 0.3) is 0 Å². The average molecular weight is 235 g/mol. The monoisotopic (exact) mass is 235 g/mol. The van der Waals surface area contributed by atoms with Crippen LogP contribution in [0, 0.1) is 0 Å². The van der Waals surface area contributed by atoms with Gasteiger partial charge in [-0.15, -0.1) is 0 Å². The maximum atomic E-state index is 5.19. The molecule has 0 bridgehead atoms. The van der Waals surface area contributed by atoms with Crippen molar-refractivity contribution in [1.82, 2.24) is 10.3 Å². The Morgan fingerprint density at radius 2 is 2.35 bits per heavy atom. The normalized spacial score (nSPS) is 14.9. The quantitative estimate of drug-likeness (QED) is 0.775. The molecule has 1 aliphatic carbocycles. The molecule has 1 fully saturated rings. The van der Waals surface area contributed by atoms with Crippen molar-refractivity contribution < 1.29 is 4.74 Å². The molecule has 94 valence electrons. The minimum atomic E-state index is 0.685. The maximum absolute atomic E-state index is 5.19. The van der Waals surface area contributed by atoms with Gasteiger partial charge < -0.3 is 15.0 Å². The number of hydrogen-bond acceptors (Lipinski definition) is 4. The maximum Gasteiger partial charge on any atom is 0.0637 e. The van der Waals surface area contributed by atoms with Gasteiger partial charge in [0.1, 0.15) is 0 Å². The van der Waals surface area contributed by atoms with E-state index in [1.54, 1.807) is 7.11 Å². The molecule has 0 unspecified atom stereocenters. The molecule has 4 nitrogen and oxygen atoms in total. The topological polar surface area (TPSA) is 37.4 Å². The number of rotatable bonds is 7. The summed E-state index contributed by atoms with van der Waals surface area (Å²) in [6.45, 7) is 2.60. The summed E-state index contributed by atoms with van der Waals surface area (Å²) < 4.78 is 5.19. The van der Waals surface area contributed by atoms with Gasteiger partial charge in [0.15, 0.2) is 0 Å². The van der Waals surface area contributed by atoms with Crippen LogP contribution in [0.1, 0.15) is 18.4 Å². The second-order valence-corrected chi connectivity index (χ2v) is 4.45. The first kappa shape index (κ1) is 12.3. The van der Waals surface area contributed by atoms with Crippen LogP contribution in [-0.4, -0.2) is 38.3 Å². The van der Waals surface area contributed by atoms with Crippen LogP contribution >= 0.6 is 0 Å². The lowest BCUT2D eigenvalue weighted by atomic mass is 10.2. The SMILES string of the molecule is CNCc1ccncc1N(CCOC)C1CC1. The molecule has 17 heavy (non-hydrogen) atoms. The number of pyridine rings is 1. The summed E-state index contributed by atoms with van der Waals surface area (Å²) in [6, 6.07) is 2.78. The van der Waals surface area contributed by atoms with Crippen molar-refractivity contribution in [3.63, 3.8) is 0 Å². The van der Waals surface area contributed by atoms with Crippen molar-refractivity contribution >= 4 is 5.69 Å². The predicted octanol–water partition coefficient (Wildman–Crippen LogP) is 1.42. The minimum absolute atomic E-state index is 0.685. The first-order valence-electron chi connectivity index (χ1n) is 6.20. The van der Waals surface area contributed by atoms with E-state index in [9.17, 15) is 0 Å². The number of hydrogen-bond donors (Lipinski definition) is 1. The number of aromatic nitrogens is 1. The summed E-state index contributed by atoms with van der Waals surface area (Å²) in [6.07, 6.45) is 6.41. The van der Waals surface area contributed by atoms with E-state index in [0.717, 1.165) is 19.7 Å². The van der Waals surface area contributed by atoms with Gasteiger partial charge in [0.2, 0.25) is 0 Å². The predicted molar refractivity (Wildman–Crippen MR) is 69.2 cm³/mol. The highest BCUT2D eigenvalue weighted by molar-refractivity contribution is 5.53. The molecule has 0 aliphatic heterocycles. The first-order chi connectivity index (χ1) is 8.36. The second-order valence-electron chi connectivity index (χ2n) is 4.45. The Balaban J connectivity index is 2.15. The van der Waals surface area contributed by atoms with E-state index < -0.39 is 0 Å². The molecule has 0 spiro atoms. The number of ether oxygens (including phenoxy) is 1. The van der Waals surface area contributed by atoms with Crippen LogP contribution in [0.25, 0.3) is 0 Å². The molecule has 1 N–H and O–H groups in total. The highest BCUT2D eigenvalue weighted by Crippen LogP contribution is 2.32.